The van der Waals surface area contributed by atoms with Crippen molar-refractivity contribution in [3.63, 3.8) is 0 Å². The third kappa shape index (κ3) is 2.91. The van der Waals surface area contributed by atoms with Crippen molar-refractivity contribution in [1.82, 2.24) is 5.32 Å². The van der Waals surface area contributed by atoms with E-state index in [9.17, 15) is 4.79 Å². The SMILES string of the molecule is CCNC(=O)C(C)Oc1ccc2ccccc2c1CN. The molecular weight excluding hydrogens is 252 g/mol. The van der Waals surface area contributed by atoms with Gasteiger partial charge in [0.05, 0.1) is 0 Å². The predicted octanol–water partition coefficient (Wildman–Crippen LogP) is 2.20. The van der Waals surface area contributed by atoms with Crippen LogP contribution in [0.4, 0.5) is 0 Å². The highest BCUT2D eigenvalue weighted by Crippen LogP contribution is 2.28. The molecule has 3 N–H and O–H groups in total. The fourth-order valence-corrected chi connectivity index (χ4v) is 2.20. The molecule has 0 saturated heterocycles. The van der Waals surface area contributed by atoms with E-state index >= 15 is 0 Å². The number of fused-ring (bicyclic) bond motifs is 1. The monoisotopic (exact) mass is 272 g/mol. The smallest absolute Gasteiger partial charge is 0.260 e. The van der Waals surface area contributed by atoms with Gasteiger partial charge in [-0.05, 0) is 30.7 Å². The first-order valence-corrected chi connectivity index (χ1v) is 6.82. The molecule has 4 heteroatoms. The quantitative estimate of drug-likeness (QED) is 0.877. The number of hydrogen-bond donors (Lipinski definition) is 2. The molecule has 0 heterocycles. The first-order chi connectivity index (χ1) is 9.67. The van der Waals surface area contributed by atoms with E-state index in [4.69, 9.17) is 10.5 Å². The molecule has 2 rings (SSSR count). The van der Waals surface area contributed by atoms with Crippen molar-refractivity contribution in [2.24, 2.45) is 5.73 Å². The zero-order valence-corrected chi connectivity index (χ0v) is 11.8. The van der Waals surface area contributed by atoms with Gasteiger partial charge in [0.25, 0.3) is 5.91 Å². The van der Waals surface area contributed by atoms with Crippen molar-refractivity contribution < 1.29 is 9.53 Å². The van der Waals surface area contributed by atoms with Gasteiger partial charge in [-0.3, -0.25) is 4.79 Å². The summed E-state index contributed by atoms with van der Waals surface area (Å²) in [4.78, 5) is 11.7. The van der Waals surface area contributed by atoms with Crippen LogP contribution in [0, 0.1) is 0 Å². The zero-order valence-electron chi connectivity index (χ0n) is 11.8. The summed E-state index contributed by atoms with van der Waals surface area (Å²) in [6.07, 6.45) is -0.540. The summed E-state index contributed by atoms with van der Waals surface area (Å²) in [5.74, 6) is 0.550. The Hall–Kier alpha value is -2.07. The lowest BCUT2D eigenvalue weighted by atomic mass is 10.0. The van der Waals surface area contributed by atoms with Gasteiger partial charge in [0, 0.05) is 18.7 Å². The number of rotatable bonds is 5. The summed E-state index contributed by atoms with van der Waals surface area (Å²) in [6, 6.07) is 11.9. The van der Waals surface area contributed by atoms with Gasteiger partial charge in [0.2, 0.25) is 0 Å². The van der Waals surface area contributed by atoms with Crippen LogP contribution in [-0.2, 0) is 11.3 Å². The van der Waals surface area contributed by atoms with Crippen molar-refractivity contribution in [1.29, 1.82) is 0 Å². The molecule has 2 aromatic carbocycles. The molecule has 0 radical (unpaired) electrons. The summed E-state index contributed by atoms with van der Waals surface area (Å²) in [5.41, 5.74) is 6.78. The van der Waals surface area contributed by atoms with Gasteiger partial charge >= 0.3 is 0 Å². The van der Waals surface area contributed by atoms with E-state index in [1.54, 1.807) is 6.92 Å². The molecule has 106 valence electrons. The molecule has 1 unspecified atom stereocenters. The molecule has 0 aliphatic heterocycles. The number of nitrogens with two attached hydrogens (primary N) is 1. The van der Waals surface area contributed by atoms with E-state index in [0.717, 1.165) is 16.3 Å². The van der Waals surface area contributed by atoms with Gasteiger partial charge in [-0.1, -0.05) is 30.3 Å². The second-order valence-electron chi connectivity index (χ2n) is 4.62. The van der Waals surface area contributed by atoms with E-state index in [2.05, 4.69) is 5.32 Å². The van der Waals surface area contributed by atoms with E-state index in [0.29, 0.717) is 18.8 Å². The number of carbonyl (C=O) groups is 1. The minimum atomic E-state index is -0.540. The average molecular weight is 272 g/mol. The van der Waals surface area contributed by atoms with Gasteiger partial charge in [-0.15, -0.1) is 0 Å². The maximum atomic E-state index is 11.7. The van der Waals surface area contributed by atoms with Crippen molar-refractivity contribution in [2.75, 3.05) is 6.54 Å². The molecule has 20 heavy (non-hydrogen) atoms. The number of benzene rings is 2. The maximum Gasteiger partial charge on any atom is 0.260 e. The van der Waals surface area contributed by atoms with E-state index in [-0.39, 0.29) is 5.91 Å². The van der Waals surface area contributed by atoms with Crippen LogP contribution in [0.1, 0.15) is 19.4 Å². The molecule has 0 spiro atoms. The second-order valence-corrected chi connectivity index (χ2v) is 4.62. The van der Waals surface area contributed by atoms with Gasteiger partial charge in [0.1, 0.15) is 5.75 Å². The van der Waals surface area contributed by atoms with Crippen LogP contribution in [0.2, 0.25) is 0 Å². The number of hydrogen-bond acceptors (Lipinski definition) is 3. The third-order valence-electron chi connectivity index (χ3n) is 3.23. The molecule has 0 fully saturated rings. The zero-order chi connectivity index (χ0) is 14.5. The van der Waals surface area contributed by atoms with E-state index in [1.807, 2.05) is 43.3 Å². The number of nitrogens with one attached hydrogen (secondary N) is 1. The highest BCUT2D eigenvalue weighted by molar-refractivity contribution is 5.88. The Morgan fingerprint density at radius 1 is 1.30 bits per heavy atom. The molecule has 0 aliphatic rings. The van der Waals surface area contributed by atoms with E-state index in [1.165, 1.54) is 0 Å². The standard InChI is InChI=1S/C16H20N2O2/c1-3-18-16(19)11(2)20-15-9-8-12-6-4-5-7-13(12)14(15)10-17/h4-9,11H,3,10,17H2,1-2H3,(H,18,19). The van der Waals surface area contributed by atoms with Crippen LogP contribution in [0.25, 0.3) is 10.8 Å². The van der Waals surface area contributed by atoms with Crippen LogP contribution in [0.5, 0.6) is 5.75 Å². The van der Waals surface area contributed by atoms with Crippen LogP contribution in [0.15, 0.2) is 36.4 Å². The van der Waals surface area contributed by atoms with Gasteiger partial charge in [0.15, 0.2) is 6.10 Å². The molecule has 0 bridgehead atoms. The number of likely N-dealkylation sites (N-methyl/N-ethyl adjacent to an activating group) is 1. The lowest BCUT2D eigenvalue weighted by Gasteiger charge is -2.17. The average Bonchev–Trinajstić information content (AvgIpc) is 2.47. The molecule has 4 nitrogen and oxygen atoms in total. The van der Waals surface area contributed by atoms with Crippen LogP contribution in [-0.4, -0.2) is 18.6 Å². The molecular formula is C16H20N2O2. The van der Waals surface area contributed by atoms with Crippen molar-refractivity contribution in [3.8, 4) is 5.75 Å². The Morgan fingerprint density at radius 2 is 2.05 bits per heavy atom. The summed E-state index contributed by atoms with van der Waals surface area (Å²) < 4.78 is 5.77. The van der Waals surface area contributed by atoms with Gasteiger partial charge in [-0.25, -0.2) is 0 Å². The van der Waals surface area contributed by atoms with Crippen LogP contribution < -0.4 is 15.8 Å². The fourth-order valence-electron chi connectivity index (χ4n) is 2.20. The van der Waals surface area contributed by atoms with Crippen LogP contribution >= 0.6 is 0 Å². The van der Waals surface area contributed by atoms with Gasteiger partial charge < -0.3 is 15.8 Å². The Kier molecular flexibility index (Phi) is 4.58. The fraction of sp³-hybridized carbons (Fsp3) is 0.312. The summed E-state index contributed by atoms with van der Waals surface area (Å²) >= 11 is 0. The van der Waals surface area contributed by atoms with Crippen molar-refractivity contribution >= 4 is 16.7 Å². The highest BCUT2D eigenvalue weighted by atomic mass is 16.5. The molecule has 0 aliphatic carbocycles. The minimum Gasteiger partial charge on any atom is -0.481 e. The lowest BCUT2D eigenvalue weighted by molar-refractivity contribution is -0.127. The molecule has 2 aromatic rings. The second kappa shape index (κ2) is 6.39. The summed E-state index contributed by atoms with van der Waals surface area (Å²) in [7, 11) is 0. The number of amides is 1. The molecule has 1 atom stereocenters. The summed E-state index contributed by atoms with van der Waals surface area (Å²) in [6.45, 7) is 4.58. The lowest BCUT2D eigenvalue weighted by Crippen LogP contribution is -2.36. The summed E-state index contributed by atoms with van der Waals surface area (Å²) in [5, 5.41) is 4.93. The number of ether oxygens (including phenoxy) is 1. The van der Waals surface area contributed by atoms with Crippen molar-refractivity contribution in [2.45, 2.75) is 26.5 Å². The Balaban J connectivity index is 2.32. The van der Waals surface area contributed by atoms with Gasteiger partial charge in [-0.2, -0.15) is 0 Å². The molecule has 0 aromatic heterocycles. The molecule has 1 amide bonds. The third-order valence-corrected chi connectivity index (χ3v) is 3.23. The molecule has 0 saturated carbocycles. The van der Waals surface area contributed by atoms with Crippen molar-refractivity contribution in [3.05, 3.63) is 42.0 Å². The number of carbonyl (C=O) groups excluding carboxylic acids is 1. The van der Waals surface area contributed by atoms with E-state index < -0.39 is 6.10 Å². The predicted molar refractivity (Wildman–Crippen MR) is 80.6 cm³/mol. The Labute approximate surface area is 118 Å². The maximum absolute atomic E-state index is 11.7. The first kappa shape index (κ1) is 14.3. The minimum absolute atomic E-state index is 0.122. The first-order valence-electron chi connectivity index (χ1n) is 6.82. The Morgan fingerprint density at radius 3 is 2.75 bits per heavy atom. The highest BCUT2D eigenvalue weighted by Gasteiger charge is 2.16. The largest absolute Gasteiger partial charge is 0.481 e. The normalized spacial score (nSPS) is 12.2. The van der Waals surface area contributed by atoms with Crippen LogP contribution in [0.3, 0.4) is 0 Å². The topological polar surface area (TPSA) is 64.3 Å². The Bertz CT molecular complexity index is 610.